The van der Waals surface area contributed by atoms with Crippen LogP contribution in [-0.2, 0) is 4.79 Å². The second kappa shape index (κ2) is 4.97. The summed E-state index contributed by atoms with van der Waals surface area (Å²) in [5.41, 5.74) is 5.67. The molecule has 15 heavy (non-hydrogen) atoms. The van der Waals surface area contributed by atoms with Crippen molar-refractivity contribution in [3.05, 3.63) is 0 Å². The fourth-order valence-corrected chi connectivity index (χ4v) is 3.19. The molecule has 1 rings (SSSR count). The molecule has 0 unspecified atom stereocenters. The van der Waals surface area contributed by atoms with E-state index in [1.165, 1.54) is 0 Å². The molecule has 0 saturated heterocycles. The number of carbonyl (C=O) groups is 1. The standard InChI is InChI=1S/C12H23NO2/c1-3-9-5-12(8-13,7-11(14)15)6-10(9)4-2/h9-10H,3-8,13H2,1-2H3,(H,14,15)/t9-,10-/m1/s1. The van der Waals surface area contributed by atoms with Gasteiger partial charge in [0.25, 0.3) is 0 Å². The summed E-state index contributed by atoms with van der Waals surface area (Å²) in [5, 5.41) is 8.93. The molecule has 0 bridgehead atoms. The van der Waals surface area contributed by atoms with Gasteiger partial charge in [-0.2, -0.15) is 0 Å². The first-order valence-corrected chi connectivity index (χ1v) is 5.98. The fourth-order valence-electron chi connectivity index (χ4n) is 3.19. The predicted molar refractivity (Wildman–Crippen MR) is 60.5 cm³/mol. The molecule has 1 fully saturated rings. The van der Waals surface area contributed by atoms with E-state index >= 15 is 0 Å². The van der Waals surface area contributed by atoms with Crippen molar-refractivity contribution in [2.45, 2.75) is 46.0 Å². The molecule has 2 atom stereocenters. The Bertz CT molecular complexity index is 216. The molecule has 1 aliphatic carbocycles. The van der Waals surface area contributed by atoms with Crippen LogP contribution in [0.1, 0.15) is 46.0 Å². The van der Waals surface area contributed by atoms with Gasteiger partial charge in [-0.1, -0.05) is 26.7 Å². The van der Waals surface area contributed by atoms with Crippen LogP contribution in [0.15, 0.2) is 0 Å². The summed E-state index contributed by atoms with van der Waals surface area (Å²) in [4.78, 5) is 10.9. The Kier molecular flexibility index (Phi) is 4.14. The summed E-state index contributed by atoms with van der Waals surface area (Å²) in [7, 11) is 0. The van der Waals surface area contributed by atoms with Gasteiger partial charge >= 0.3 is 5.97 Å². The van der Waals surface area contributed by atoms with Crippen LogP contribution in [0, 0.1) is 17.3 Å². The first-order valence-electron chi connectivity index (χ1n) is 5.98. The van der Waals surface area contributed by atoms with Crippen molar-refractivity contribution < 1.29 is 9.90 Å². The molecule has 1 saturated carbocycles. The number of hydrogen-bond donors (Lipinski definition) is 2. The van der Waals surface area contributed by atoms with E-state index in [4.69, 9.17) is 10.8 Å². The van der Waals surface area contributed by atoms with Crippen LogP contribution in [0.3, 0.4) is 0 Å². The lowest BCUT2D eigenvalue weighted by atomic mass is 9.81. The highest BCUT2D eigenvalue weighted by Crippen LogP contribution is 2.49. The van der Waals surface area contributed by atoms with E-state index in [-0.39, 0.29) is 11.8 Å². The third kappa shape index (κ3) is 2.71. The van der Waals surface area contributed by atoms with Gasteiger partial charge in [-0.15, -0.1) is 0 Å². The highest BCUT2D eigenvalue weighted by atomic mass is 16.4. The van der Waals surface area contributed by atoms with Crippen LogP contribution in [0.25, 0.3) is 0 Å². The van der Waals surface area contributed by atoms with Crippen molar-refractivity contribution >= 4 is 5.97 Å². The van der Waals surface area contributed by atoms with Gasteiger partial charge in [0, 0.05) is 0 Å². The second-order valence-corrected chi connectivity index (χ2v) is 5.02. The average Bonchev–Trinajstić information content (AvgIpc) is 2.56. The third-order valence-corrected chi connectivity index (χ3v) is 4.07. The SMILES string of the molecule is CC[C@@H]1CC(CN)(CC(=O)O)C[C@H]1CC. The summed E-state index contributed by atoms with van der Waals surface area (Å²) in [6.07, 6.45) is 4.56. The summed E-state index contributed by atoms with van der Waals surface area (Å²) < 4.78 is 0. The van der Waals surface area contributed by atoms with Gasteiger partial charge in [-0.3, -0.25) is 4.79 Å². The lowest BCUT2D eigenvalue weighted by molar-refractivity contribution is -0.139. The van der Waals surface area contributed by atoms with Crippen molar-refractivity contribution in [2.75, 3.05) is 6.54 Å². The van der Waals surface area contributed by atoms with Crippen molar-refractivity contribution in [1.29, 1.82) is 0 Å². The molecule has 0 spiro atoms. The quantitative estimate of drug-likeness (QED) is 0.736. The summed E-state index contributed by atoms with van der Waals surface area (Å²) >= 11 is 0. The van der Waals surface area contributed by atoms with E-state index in [2.05, 4.69) is 13.8 Å². The minimum Gasteiger partial charge on any atom is -0.481 e. The van der Waals surface area contributed by atoms with Crippen LogP contribution >= 0.6 is 0 Å². The zero-order valence-electron chi connectivity index (χ0n) is 9.83. The van der Waals surface area contributed by atoms with E-state index in [0.717, 1.165) is 25.7 Å². The topological polar surface area (TPSA) is 63.3 Å². The van der Waals surface area contributed by atoms with E-state index < -0.39 is 5.97 Å². The molecule has 88 valence electrons. The molecule has 0 aromatic heterocycles. The average molecular weight is 213 g/mol. The number of aliphatic carboxylic acids is 1. The molecular formula is C12H23NO2. The number of nitrogens with two attached hydrogens (primary N) is 1. The zero-order valence-corrected chi connectivity index (χ0v) is 9.83. The zero-order chi connectivity index (χ0) is 11.5. The molecule has 0 radical (unpaired) electrons. The summed E-state index contributed by atoms with van der Waals surface area (Å²) in [5.74, 6) is 0.655. The molecular weight excluding hydrogens is 190 g/mol. The van der Waals surface area contributed by atoms with Gasteiger partial charge in [0.05, 0.1) is 6.42 Å². The first-order chi connectivity index (χ1) is 7.06. The highest BCUT2D eigenvalue weighted by Gasteiger charge is 2.43. The molecule has 3 nitrogen and oxygen atoms in total. The van der Waals surface area contributed by atoms with Crippen LogP contribution in [0.2, 0.25) is 0 Å². The van der Waals surface area contributed by atoms with Crippen LogP contribution in [0.4, 0.5) is 0 Å². The van der Waals surface area contributed by atoms with E-state index in [0.29, 0.717) is 18.4 Å². The fraction of sp³-hybridized carbons (Fsp3) is 0.917. The Labute approximate surface area is 92.0 Å². The normalized spacial score (nSPS) is 29.3. The van der Waals surface area contributed by atoms with E-state index in [1.807, 2.05) is 0 Å². The lowest BCUT2D eigenvalue weighted by Gasteiger charge is -2.25. The minimum atomic E-state index is -0.702. The van der Waals surface area contributed by atoms with Crippen molar-refractivity contribution in [3.63, 3.8) is 0 Å². The molecule has 0 heterocycles. The van der Waals surface area contributed by atoms with Crippen LogP contribution in [-0.4, -0.2) is 17.6 Å². The Morgan fingerprint density at radius 3 is 2.07 bits per heavy atom. The molecule has 3 N–H and O–H groups in total. The largest absolute Gasteiger partial charge is 0.481 e. The second-order valence-electron chi connectivity index (χ2n) is 5.02. The number of hydrogen-bond acceptors (Lipinski definition) is 2. The summed E-state index contributed by atoms with van der Waals surface area (Å²) in [6, 6.07) is 0. The monoisotopic (exact) mass is 213 g/mol. The minimum absolute atomic E-state index is 0.118. The Morgan fingerprint density at radius 1 is 1.33 bits per heavy atom. The van der Waals surface area contributed by atoms with Gasteiger partial charge < -0.3 is 10.8 Å². The van der Waals surface area contributed by atoms with Gasteiger partial charge in [0.2, 0.25) is 0 Å². The van der Waals surface area contributed by atoms with Crippen molar-refractivity contribution in [3.8, 4) is 0 Å². The Morgan fingerprint density at radius 2 is 1.80 bits per heavy atom. The summed E-state index contributed by atoms with van der Waals surface area (Å²) in [6.45, 7) is 4.91. The lowest BCUT2D eigenvalue weighted by Crippen LogP contribution is -2.30. The maximum absolute atomic E-state index is 10.9. The van der Waals surface area contributed by atoms with E-state index in [1.54, 1.807) is 0 Å². The maximum atomic E-state index is 10.9. The maximum Gasteiger partial charge on any atom is 0.303 e. The smallest absolute Gasteiger partial charge is 0.303 e. The number of carboxylic acid groups (broad SMARTS) is 1. The van der Waals surface area contributed by atoms with Crippen LogP contribution in [0.5, 0.6) is 0 Å². The molecule has 0 aliphatic heterocycles. The Hall–Kier alpha value is -0.570. The van der Waals surface area contributed by atoms with Crippen LogP contribution < -0.4 is 5.73 Å². The predicted octanol–water partition coefficient (Wildman–Crippen LogP) is 2.25. The number of carboxylic acids is 1. The molecule has 0 aromatic carbocycles. The van der Waals surface area contributed by atoms with Crippen molar-refractivity contribution in [1.82, 2.24) is 0 Å². The van der Waals surface area contributed by atoms with Gasteiger partial charge in [-0.05, 0) is 36.6 Å². The molecule has 0 amide bonds. The first kappa shape index (κ1) is 12.5. The highest BCUT2D eigenvalue weighted by molar-refractivity contribution is 5.67. The molecule has 0 aromatic rings. The molecule has 3 heteroatoms. The third-order valence-electron chi connectivity index (χ3n) is 4.07. The van der Waals surface area contributed by atoms with Crippen molar-refractivity contribution in [2.24, 2.45) is 23.0 Å². The van der Waals surface area contributed by atoms with E-state index in [9.17, 15) is 4.79 Å². The van der Waals surface area contributed by atoms with Gasteiger partial charge in [0.1, 0.15) is 0 Å². The van der Waals surface area contributed by atoms with Gasteiger partial charge in [-0.25, -0.2) is 0 Å². The van der Waals surface area contributed by atoms with Gasteiger partial charge in [0.15, 0.2) is 0 Å². The Balaban J connectivity index is 2.72. The number of rotatable bonds is 5. The molecule has 1 aliphatic rings.